The maximum absolute atomic E-state index is 6.65. The molecule has 0 radical (unpaired) electrons. The van der Waals surface area contributed by atoms with Crippen LogP contribution in [0.1, 0.15) is 62.1 Å². The van der Waals surface area contributed by atoms with E-state index in [0.29, 0.717) is 5.92 Å². The molecule has 1 fully saturated rings. The number of nitrogens with two attached hydrogens (primary N) is 1. The van der Waals surface area contributed by atoms with Gasteiger partial charge in [0.1, 0.15) is 5.75 Å². The van der Waals surface area contributed by atoms with Crippen LogP contribution in [0.2, 0.25) is 0 Å². The van der Waals surface area contributed by atoms with Crippen molar-refractivity contribution in [1.82, 2.24) is 0 Å². The summed E-state index contributed by atoms with van der Waals surface area (Å²) in [5.41, 5.74) is 10.2. The zero-order valence-electron chi connectivity index (χ0n) is 12.0. The van der Waals surface area contributed by atoms with E-state index in [1.165, 1.54) is 29.5 Å². The second-order valence-electron chi connectivity index (χ2n) is 5.90. The molecule has 0 unspecified atom stereocenters. The van der Waals surface area contributed by atoms with Gasteiger partial charge in [-0.2, -0.15) is 0 Å². The number of aryl methyl sites for hydroxylation is 1. The van der Waals surface area contributed by atoms with E-state index in [1.807, 2.05) is 0 Å². The summed E-state index contributed by atoms with van der Waals surface area (Å²) in [4.78, 5) is 0. The number of hydrogen-bond donors (Lipinski definition) is 1. The fourth-order valence-electron chi connectivity index (χ4n) is 3.25. The Morgan fingerprint density at radius 2 is 1.83 bits per heavy atom. The smallest absolute Gasteiger partial charge is 0.127 e. The van der Waals surface area contributed by atoms with Gasteiger partial charge in [0.2, 0.25) is 0 Å². The van der Waals surface area contributed by atoms with E-state index in [-0.39, 0.29) is 5.54 Å². The van der Waals surface area contributed by atoms with Crippen LogP contribution in [-0.2, 0) is 5.54 Å². The fourth-order valence-corrected chi connectivity index (χ4v) is 3.25. The molecular weight excluding hydrogens is 222 g/mol. The van der Waals surface area contributed by atoms with Crippen molar-refractivity contribution in [2.75, 3.05) is 7.11 Å². The van der Waals surface area contributed by atoms with Crippen LogP contribution in [-0.4, -0.2) is 7.11 Å². The van der Waals surface area contributed by atoms with Crippen LogP contribution in [0.15, 0.2) is 12.1 Å². The summed E-state index contributed by atoms with van der Waals surface area (Å²) >= 11 is 0. The Bertz CT molecular complexity index is 431. The SMILES string of the molecule is COc1c(C(C)C)ccc(C)c1C1(N)CCCC1. The summed E-state index contributed by atoms with van der Waals surface area (Å²) in [5, 5.41) is 0. The number of benzene rings is 1. The van der Waals surface area contributed by atoms with E-state index in [4.69, 9.17) is 10.5 Å². The average Bonchev–Trinajstić information content (AvgIpc) is 2.75. The monoisotopic (exact) mass is 247 g/mol. The molecular formula is C16H25NO. The molecule has 1 aromatic rings. The first-order valence-electron chi connectivity index (χ1n) is 6.96. The van der Waals surface area contributed by atoms with Crippen LogP contribution in [0.4, 0.5) is 0 Å². The molecule has 2 N–H and O–H groups in total. The predicted octanol–water partition coefficient (Wildman–Crippen LogP) is 3.86. The van der Waals surface area contributed by atoms with E-state index in [9.17, 15) is 0 Å². The van der Waals surface area contributed by atoms with Gasteiger partial charge in [0, 0.05) is 11.1 Å². The minimum Gasteiger partial charge on any atom is -0.496 e. The highest BCUT2D eigenvalue weighted by atomic mass is 16.5. The summed E-state index contributed by atoms with van der Waals surface area (Å²) in [6, 6.07) is 4.38. The summed E-state index contributed by atoms with van der Waals surface area (Å²) < 4.78 is 5.72. The number of methoxy groups -OCH3 is 1. The molecule has 100 valence electrons. The second-order valence-corrected chi connectivity index (χ2v) is 5.90. The van der Waals surface area contributed by atoms with Gasteiger partial charge in [-0.15, -0.1) is 0 Å². The van der Waals surface area contributed by atoms with E-state index in [1.54, 1.807) is 7.11 Å². The van der Waals surface area contributed by atoms with Crippen molar-refractivity contribution in [2.24, 2.45) is 5.73 Å². The molecule has 1 aliphatic rings. The third kappa shape index (κ3) is 2.14. The third-order valence-corrected chi connectivity index (χ3v) is 4.22. The Kier molecular flexibility index (Phi) is 3.67. The molecule has 0 bridgehead atoms. The molecule has 2 rings (SSSR count). The molecule has 1 saturated carbocycles. The Morgan fingerprint density at radius 1 is 1.22 bits per heavy atom. The average molecular weight is 247 g/mol. The number of rotatable bonds is 3. The minimum atomic E-state index is -0.180. The molecule has 2 heteroatoms. The topological polar surface area (TPSA) is 35.2 Å². The quantitative estimate of drug-likeness (QED) is 0.880. The Morgan fingerprint density at radius 3 is 2.33 bits per heavy atom. The largest absolute Gasteiger partial charge is 0.496 e. The minimum absolute atomic E-state index is 0.180. The summed E-state index contributed by atoms with van der Waals surface area (Å²) in [6.45, 7) is 6.55. The van der Waals surface area contributed by atoms with Crippen molar-refractivity contribution in [1.29, 1.82) is 0 Å². The zero-order valence-corrected chi connectivity index (χ0v) is 12.0. The first-order chi connectivity index (χ1) is 8.49. The Hall–Kier alpha value is -1.02. The molecule has 2 nitrogen and oxygen atoms in total. The normalized spacial score (nSPS) is 18.3. The first-order valence-corrected chi connectivity index (χ1v) is 6.96. The van der Waals surface area contributed by atoms with E-state index in [0.717, 1.165) is 18.6 Å². The second kappa shape index (κ2) is 4.93. The molecule has 0 heterocycles. The molecule has 1 aliphatic carbocycles. The van der Waals surface area contributed by atoms with E-state index in [2.05, 4.69) is 32.9 Å². The van der Waals surface area contributed by atoms with Crippen molar-refractivity contribution in [3.05, 3.63) is 28.8 Å². The highest BCUT2D eigenvalue weighted by Crippen LogP contribution is 2.44. The lowest BCUT2D eigenvalue weighted by Crippen LogP contribution is -2.34. The standard InChI is InChI=1S/C16H25NO/c1-11(2)13-8-7-12(3)14(15(13)18-4)16(17)9-5-6-10-16/h7-8,11H,5-6,9-10,17H2,1-4H3. The van der Waals surface area contributed by atoms with E-state index < -0.39 is 0 Å². The van der Waals surface area contributed by atoms with Crippen LogP contribution in [0.3, 0.4) is 0 Å². The van der Waals surface area contributed by atoms with Crippen molar-refractivity contribution in [2.45, 2.75) is 57.9 Å². The molecule has 18 heavy (non-hydrogen) atoms. The first kappa shape index (κ1) is 13.4. The van der Waals surface area contributed by atoms with Crippen molar-refractivity contribution < 1.29 is 4.74 Å². The molecule has 0 aromatic heterocycles. The van der Waals surface area contributed by atoms with Crippen LogP contribution in [0.5, 0.6) is 5.75 Å². The lowest BCUT2D eigenvalue weighted by molar-refractivity contribution is 0.372. The third-order valence-electron chi connectivity index (χ3n) is 4.22. The van der Waals surface area contributed by atoms with Crippen LogP contribution < -0.4 is 10.5 Å². The maximum atomic E-state index is 6.65. The van der Waals surface area contributed by atoms with Gasteiger partial charge in [0.05, 0.1) is 7.11 Å². The molecule has 0 amide bonds. The van der Waals surface area contributed by atoms with Gasteiger partial charge in [0.25, 0.3) is 0 Å². The van der Waals surface area contributed by atoms with Gasteiger partial charge in [-0.1, -0.05) is 38.8 Å². The van der Waals surface area contributed by atoms with Gasteiger partial charge in [-0.3, -0.25) is 0 Å². The predicted molar refractivity (Wildman–Crippen MR) is 76.2 cm³/mol. The summed E-state index contributed by atoms with van der Waals surface area (Å²) in [6.07, 6.45) is 4.60. The summed E-state index contributed by atoms with van der Waals surface area (Å²) in [7, 11) is 1.77. The number of ether oxygens (including phenoxy) is 1. The highest BCUT2D eigenvalue weighted by molar-refractivity contribution is 5.51. The fraction of sp³-hybridized carbons (Fsp3) is 0.625. The molecule has 0 spiro atoms. The molecule has 0 atom stereocenters. The Labute approximate surface area is 111 Å². The Balaban J connectivity index is 2.60. The summed E-state index contributed by atoms with van der Waals surface area (Å²) in [5.74, 6) is 1.48. The van der Waals surface area contributed by atoms with Crippen LogP contribution in [0.25, 0.3) is 0 Å². The van der Waals surface area contributed by atoms with Crippen LogP contribution in [0, 0.1) is 6.92 Å². The maximum Gasteiger partial charge on any atom is 0.127 e. The van der Waals surface area contributed by atoms with Crippen molar-refractivity contribution in [3.8, 4) is 5.75 Å². The van der Waals surface area contributed by atoms with E-state index >= 15 is 0 Å². The molecule has 0 saturated heterocycles. The lowest BCUT2D eigenvalue weighted by Gasteiger charge is -2.30. The molecule has 1 aromatic carbocycles. The van der Waals surface area contributed by atoms with Gasteiger partial charge < -0.3 is 10.5 Å². The van der Waals surface area contributed by atoms with Gasteiger partial charge in [0.15, 0.2) is 0 Å². The molecule has 0 aliphatic heterocycles. The van der Waals surface area contributed by atoms with Crippen molar-refractivity contribution in [3.63, 3.8) is 0 Å². The highest BCUT2D eigenvalue weighted by Gasteiger charge is 2.36. The van der Waals surface area contributed by atoms with Crippen molar-refractivity contribution >= 4 is 0 Å². The van der Waals surface area contributed by atoms with Gasteiger partial charge in [-0.05, 0) is 36.8 Å². The van der Waals surface area contributed by atoms with Crippen LogP contribution >= 0.6 is 0 Å². The zero-order chi connectivity index (χ0) is 13.3. The number of hydrogen-bond acceptors (Lipinski definition) is 2. The lowest BCUT2D eigenvalue weighted by atomic mass is 9.82. The van der Waals surface area contributed by atoms with Gasteiger partial charge in [-0.25, -0.2) is 0 Å². The van der Waals surface area contributed by atoms with Gasteiger partial charge >= 0.3 is 0 Å².